The molecule has 208 valence electrons. The van der Waals surface area contributed by atoms with Crippen molar-refractivity contribution < 1.29 is 27.9 Å². The third-order valence-corrected chi connectivity index (χ3v) is 7.91. The summed E-state index contributed by atoms with van der Waals surface area (Å²) in [7, 11) is -2.40. The second-order valence-corrected chi connectivity index (χ2v) is 12.0. The zero-order valence-electron chi connectivity index (χ0n) is 22.1. The molecule has 10 nitrogen and oxygen atoms in total. The lowest BCUT2D eigenvalue weighted by Gasteiger charge is -2.38. The van der Waals surface area contributed by atoms with Crippen molar-refractivity contribution in [2.24, 2.45) is 5.92 Å². The monoisotopic (exact) mass is 566 g/mol. The van der Waals surface area contributed by atoms with Crippen molar-refractivity contribution in [1.29, 1.82) is 0 Å². The molecule has 3 N–H and O–H groups in total. The van der Waals surface area contributed by atoms with Gasteiger partial charge >= 0.3 is 6.03 Å². The van der Waals surface area contributed by atoms with E-state index in [1.165, 1.54) is 35.2 Å². The van der Waals surface area contributed by atoms with Crippen LogP contribution in [0, 0.1) is 5.92 Å². The summed E-state index contributed by atoms with van der Waals surface area (Å²) in [5.41, 5.74) is 0.226. The Morgan fingerprint density at radius 2 is 1.87 bits per heavy atom. The van der Waals surface area contributed by atoms with Crippen molar-refractivity contribution in [3.63, 3.8) is 0 Å². The summed E-state index contributed by atoms with van der Waals surface area (Å²) in [6.07, 6.45) is -0.598. The van der Waals surface area contributed by atoms with Gasteiger partial charge < -0.3 is 25.0 Å². The number of carbonyl (C=O) groups excluding carboxylic acids is 2. The van der Waals surface area contributed by atoms with Gasteiger partial charge in [-0.05, 0) is 57.2 Å². The molecule has 1 aliphatic rings. The Kier molecular flexibility index (Phi) is 9.50. The molecule has 1 heterocycles. The molecule has 0 unspecified atom stereocenters. The molecule has 3 amide bonds. The van der Waals surface area contributed by atoms with Gasteiger partial charge in [0, 0.05) is 30.6 Å². The first-order chi connectivity index (χ1) is 17.8. The Morgan fingerprint density at radius 3 is 2.47 bits per heavy atom. The lowest BCUT2D eigenvalue weighted by molar-refractivity contribution is 0.0369. The van der Waals surface area contributed by atoms with Gasteiger partial charge in [0.25, 0.3) is 15.9 Å². The lowest BCUT2D eigenvalue weighted by atomic mass is 9.99. The SMILES string of the molecule is CC(C)NC(=O)N(C)C[C@H]1Oc2c(NS(=O)(=O)c3ccc(Cl)cc3)cccc2C(=O)N([C@@H](C)CO)C[C@@H]1C. The number of amides is 3. The summed E-state index contributed by atoms with van der Waals surface area (Å²) in [5, 5.41) is 13.1. The molecule has 2 aromatic carbocycles. The first-order valence-electron chi connectivity index (χ1n) is 12.4. The minimum atomic E-state index is -4.05. The van der Waals surface area contributed by atoms with Gasteiger partial charge in [0.05, 0.1) is 35.3 Å². The van der Waals surface area contributed by atoms with Gasteiger partial charge in [-0.2, -0.15) is 0 Å². The fourth-order valence-electron chi connectivity index (χ4n) is 4.07. The first-order valence-corrected chi connectivity index (χ1v) is 14.2. The van der Waals surface area contributed by atoms with Crippen molar-refractivity contribution in [1.82, 2.24) is 15.1 Å². The third kappa shape index (κ3) is 6.89. The zero-order chi connectivity index (χ0) is 28.2. The molecule has 0 saturated heterocycles. The fraction of sp³-hybridized carbons (Fsp3) is 0.462. The maximum atomic E-state index is 13.6. The van der Waals surface area contributed by atoms with Gasteiger partial charge in [-0.1, -0.05) is 24.6 Å². The van der Waals surface area contributed by atoms with Crippen molar-refractivity contribution in [2.75, 3.05) is 31.5 Å². The zero-order valence-corrected chi connectivity index (χ0v) is 23.7. The highest BCUT2D eigenvalue weighted by molar-refractivity contribution is 7.92. The van der Waals surface area contributed by atoms with Crippen LogP contribution in [0.25, 0.3) is 0 Å². The second-order valence-electron chi connectivity index (χ2n) is 9.85. The van der Waals surface area contributed by atoms with E-state index in [1.54, 1.807) is 31.0 Å². The van der Waals surface area contributed by atoms with Gasteiger partial charge in [0.1, 0.15) is 6.10 Å². The van der Waals surface area contributed by atoms with Crippen molar-refractivity contribution in [3.8, 4) is 5.75 Å². The minimum absolute atomic E-state index is 0.0118. The summed E-state index contributed by atoms with van der Waals surface area (Å²) in [4.78, 5) is 29.2. The Hall–Kier alpha value is -3.02. The summed E-state index contributed by atoms with van der Waals surface area (Å²) in [5.74, 6) is -0.610. The van der Waals surface area contributed by atoms with E-state index in [4.69, 9.17) is 16.3 Å². The molecule has 0 aromatic heterocycles. The Bertz CT molecular complexity index is 1250. The molecule has 38 heavy (non-hydrogen) atoms. The number of nitrogens with one attached hydrogen (secondary N) is 2. The second kappa shape index (κ2) is 12.2. The number of para-hydroxylation sites is 1. The van der Waals surface area contributed by atoms with Gasteiger partial charge in [-0.3, -0.25) is 9.52 Å². The van der Waals surface area contributed by atoms with Gasteiger partial charge in [-0.15, -0.1) is 0 Å². The number of halogens is 1. The summed E-state index contributed by atoms with van der Waals surface area (Å²) < 4.78 is 35.2. The van der Waals surface area contributed by atoms with Crippen LogP contribution < -0.4 is 14.8 Å². The van der Waals surface area contributed by atoms with Crippen LogP contribution in [0.3, 0.4) is 0 Å². The molecular weight excluding hydrogens is 532 g/mol. The van der Waals surface area contributed by atoms with E-state index in [1.807, 2.05) is 20.8 Å². The number of nitrogens with zero attached hydrogens (tertiary/aromatic N) is 2. The largest absolute Gasteiger partial charge is 0.485 e. The van der Waals surface area contributed by atoms with Gasteiger partial charge in [0.2, 0.25) is 0 Å². The van der Waals surface area contributed by atoms with Crippen LogP contribution in [-0.2, 0) is 10.0 Å². The predicted octanol–water partition coefficient (Wildman–Crippen LogP) is 3.41. The molecule has 0 spiro atoms. The average molecular weight is 567 g/mol. The number of carbonyl (C=O) groups is 2. The molecule has 3 atom stereocenters. The number of rotatable bonds is 8. The van der Waals surface area contributed by atoms with Crippen LogP contribution in [0.15, 0.2) is 47.4 Å². The lowest BCUT2D eigenvalue weighted by Crippen LogP contribution is -2.51. The van der Waals surface area contributed by atoms with Crippen LogP contribution in [-0.4, -0.2) is 80.2 Å². The Labute approximate surface area is 229 Å². The normalized spacial score (nSPS) is 18.6. The number of likely N-dealkylation sites (N-methyl/N-ethyl adjacent to an activating group) is 1. The van der Waals surface area contributed by atoms with Crippen molar-refractivity contribution >= 4 is 39.2 Å². The number of ether oxygens (including phenoxy) is 1. The molecular formula is C26H35ClN4O6S. The topological polar surface area (TPSA) is 128 Å². The van der Waals surface area contributed by atoms with E-state index < -0.39 is 28.1 Å². The first kappa shape index (κ1) is 29.5. The fourth-order valence-corrected chi connectivity index (χ4v) is 5.26. The van der Waals surface area contributed by atoms with E-state index in [0.29, 0.717) is 5.02 Å². The quantitative estimate of drug-likeness (QED) is 0.449. The average Bonchev–Trinajstić information content (AvgIpc) is 2.85. The number of benzene rings is 2. The van der Waals surface area contributed by atoms with E-state index in [-0.39, 0.29) is 59.6 Å². The van der Waals surface area contributed by atoms with Gasteiger partial charge in [-0.25, -0.2) is 13.2 Å². The van der Waals surface area contributed by atoms with E-state index in [9.17, 15) is 23.1 Å². The van der Waals surface area contributed by atoms with Crippen molar-refractivity contribution in [2.45, 2.75) is 50.8 Å². The smallest absolute Gasteiger partial charge is 0.317 e. The molecule has 0 radical (unpaired) electrons. The van der Waals surface area contributed by atoms with E-state index in [2.05, 4.69) is 10.0 Å². The highest BCUT2D eigenvalue weighted by Crippen LogP contribution is 2.36. The number of hydrogen-bond donors (Lipinski definition) is 3. The highest BCUT2D eigenvalue weighted by atomic mass is 35.5. The van der Waals surface area contributed by atoms with Gasteiger partial charge in [0.15, 0.2) is 5.75 Å². The maximum Gasteiger partial charge on any atom is 0.317 e. The molecule has 0 bridgehead atoms. The number of aliphatic hydroxyl groups excluding tert-OH is 1. The van der Waals surface area contributed by atoms with Crippen molar-refractivity contribution in [3.05, 3.63) is 53.1 Å². The number of fused-ring (bicyclic) bond motifs is 1. The standard InChI is InChI=1S/C26H35ClN4O6S/c1-16(2)28-26(34)30(5)14-23-17(3)13-31(18(4)15-32)25(33)21-7-6-8-22(24(21)37-23)29-38(35,36)20-11-9-19(27)10-12-20/h6-12,16-18,23,29,32H,13-15H2,1-5H3,(H,28,34)/t17-,18-,23+/m0/s1. The van der Waals surface area contributed by atoms with Crippen LogP contribution in [0.2, 0.25) is 5.02 Å². The van der Waals surface area contributed by atoms with Crippen LogP contribution in [0.4, 0.5) is 10.5 Å². The molecule has 12 heteroatoms. The third-order valence-electron chi connectivity index (χ3n) is 6.27. The Morgan fingerprint density at radius 1 is 1.21 bits per heavy atom. The summed E-state index contributed by atoms with van der Waals surface area (Å²) in [6, 6.07) is 9.47. The number of anilines is 1. The summed E-state index contributed by atoms with van der Waals surface area (Å²) in [6.45, 7) is 7.52. The molecule has 0 fully saturated rings. The van der Waals surface area contributed by atoms with Crippen LogP contribution in [0.5, 0.6) is 5.75 Å². The van der Waals surface area contributed by atoms with E-state index in [0.717, 1.165) is 0 Å². The minimum Gasteiger partial charge on any atom is -0.485 e. The number of aliphatic hydroxyl groups is 1. The van der Waals surface area contributed by atoms with Crippen LogP contribution >= 0.6 is 11.6 Å². The number of urea groups is 1. The number of hydrogen-bond acceptors (Lipinski definition) is 6. The molecule has 0 aliphatic carbocycles. The van der Waals surface area contributed by atoms with Crippen LogP contribution in [0.1, 0.15) is 38.1 Å². The number of sulfonamides is 1. The molecule has 0 saturated carbocycles. The Balaban J connectivity index is 2.05. The maximum absolute atomic E-state index is 13.6. The molecule has 2 aromatic rings. The molecule has 1 aliphatic heterocycles. The highest BCUT2D eigenvalue weighted by Gasteiger charge is 2.35. The predicted molar refractivity (Wildman–Crippen MR) is 146 cm³/mol. The molecule has 3 rings (SSSR count). The van der Waals surface area contributed by atoms with E-state index >= 15 is 0 Å². The summed E-state index contributed by atoms with van der Waals surface area (Å²) >= 11 is 5.91.